The zero-order valence-corrected chi connectivity index (χ0v) is 14.8. The van der Waals surface area contributed by atoms with E-state index in [0.29, 0.717) is 6.42 Å². The molecule has 0 fully saturated rings. The second kappa shape index (κ2) is 11.6. The average Bonchev–Trinajstić information content (AvgIpc) is 2.59. The zero-order chi connectivity index (χ0) is 17.0. The summed E-state index contributed by atoms with van der Waals surface area (Å²) in [5, 5.41) is 18.4. The van der Waals surface area contributed by atoms with Crippen LogP contribution in [0.3, 0.4) is 0 Å². The summed E-state index contributed by atoms with van der Waals surface area (Å²) in [4.78, 5) is 0. The smallest absolute Gasteiger partial charge is 0.0633 e. The van der Waals surface area contributed by atoms with Gasteiger partial charge in [0.2, 0.25) is 0 Å². The van der Waals surface area contributed by atoms with Crippen LogP contribution in [0, 0.1) is 0 Å². The largest absolute Gasteiger partial charge is 0.394 e. The third kappa shape index (κ3) is 8.50. The van der Waals surface area contributed by atoms with Crippen molar-refractivity contribution < 1.29 is 10.2 Å². The van der Waals surface area contributed by atoms with Crippen LogP contribution in [0.15, 0.2) is 24.3 Å². The van der Waals surface area contributed by atoms with Gasteiger partial charge in [-0.05, 0) is 43.2 Å². The topological polar surface area (TPSA) is 66.5 Å². The molecule has 0 aliphatic rings. The van der Waals surface area contributed by atoms with Crippen LogP contribution in [0.5, 0.6) is 0 Å². The maximum absolute atomic E-state index is 9.18. The lowest BCUT2D eigenvalue weighted by molar-refractivity contribution is 0.113. The Morgan fingerprint density at radius 3 is 1.78 bits per heavy atom. The highest BCUT2D eigenvalue weighted by molar-refractivity contribution is 5.22. The Bertz CT molecular complexity index is 399. The zero-order valence-electron chi connectivity index (χ0n) is 14.8. The van der Waals surface area contributed by atoms with E-state index in [2.05, 4.69) is 31.2 Å². The minimum absolute atomic E-state index is 0.166. The molecule has 1 aromatic carbocycles. The molecule has 1 aromatic rings. The molecule has 0 saturated heterocycles. The Hall–Kier alpha value is -0.900. The van der Waals surface area contributed by atoms with Crippen molar-refractivity contribution in [2.75, 3.05) is 13.2 Å². The van der Waals surface area contributed by atoms with E-state index >= 15 is 0 Å². The Balaban J connectivity index is 2.23. The summed E-state index contributed by atoms with van der Waals surface area (Å²) < 4.78 is 0. The molecule has 23 heavy (non-hydrogen) atoms. The summed E-state index contributed by atoms with van der Waals surface area (Å²) in [5.74, 6) is 0. The van der Waals surface area contributed by atoms with Crippen molar-refractivity contribution in [1.29, 1.82) is 0 Å². The van der Waals surface area contributed by atoms with Crippen molar-refractivity contribution in [1.82, 2.24) is 0 Å². The van der Waals surface area contributed by atoms with E-state index < -0.39 is 5.54 Å². The highest BCUT2D eigenvalue weighted by atomic mass is 16.3. The number of rotatable bonds is 13. The van der Waals surface area contributed by atoms with E-state index in [1.165, 1.54) is 56.1 Å². The van der Waals surface area contributed by atoms with E-state index in [1.54, 1.807) is 0 Å². The first kappa shape index (κ1) is 20.1. The molecule has 0 spiro atoms. The summed E-state index contributed by atoms with van der Waals surface area (Å²) in [6.45, 7) is 1.92. The van der Waals surface area contributed by atoms with Crippen LogP contribution >= 0.6 is 0 Å². The lowest BCUT2D eigenvalue weighted by Gasteiger charge is -2.24. The van der Waals surface area contributed by atoms with Gasteiger partial charge >= 0.3 is 0 Å². The molecule has 0 radical (unpaired) electrons. The monoisotopic (exact) mass is 321 g/mol. The molecular weight excluding hydrogens is 286 g/mol. The Morgan fingerprint density at radius 1 is 0.783 bits per heavy atom. The van der Waals surface area contributed by atoms with Crippen molar-refractivity contribution in [2.24, 2.45) is 5.73 Å². The molecule has 0 heterocycles. The maximum Gasteiger partial charge on any atom is 0.0633 e. The quantitative estimate of drug-likeness (QED) is 0.486. The fourth-order valence-corrected chi connectivity index (χ4v) is 2.83. The van der Waals surface area contributed by atoms with Crippen LogP contribution in [-0.2, 0) is 12.8 Å². The van der Waals surface area contributed by atoms with Crippen LogP contribution in [-0.4, -0.2) is 29.0 Å². The standard InChI is InChI=1S/C20H35NO2/c1-2-3-4-5-6-7-9-18-11-13-19(14-12-18)10-8-15-20(21,16-22)17-23/h11-14,22-23H,2-10,15-17,21H2,1H3. The number of unbranched alkanes of at least 4 members (excludes halogenated alkanes) is 5. The van der Waals surface area contributed by atoms with Gasteiger partial charge in [-0.2, -0.15) is 0 Å². The second-order valence-electron chi connectivity index (χ2n) is 6.87. The predicted octanol–water partition coefficient (Wildman–Crippen LogP) is 3.59. The minimum atomic E-state index is -0.836. The van der Waals surface area contributed by atoms with Gasteiger partial charge in [-0.3, -0.25) is 0 Å². The number of hydrogen-bond donors (Lipinski definition) is 3. The molecule has 0 aromatic heterocycles. The third-order valence-electron chi connectivity index (χ3n) is 4.61. The van der Waals surface area contributed by atoms with E-state index in [4.69, 9.17) is 5.73 Å². The van der Waals surface area contributed by atoms with E-state index in [-0.39, 0.29) is 13.2 Å². The van der Waals surface area contributed by atoms with Crippen molar-refractivity contribution >= 4 is 0 Å². The molecule has 0 saturated carbocycles. The number of nitrogens with two attached hydrogens (primary N) is 1. The van der Waals surface area contributed by atoms with Crippen molar-refractivity contribution in [3.05, 3.63) is 35.4 Å². The number of aliphatic hydroxyl groups is 2. The molecule has 0 bridgehead atoms. The molecular formula is C20H35NO2. The minimum Gasteiger partial charge on any atom is -0.394 e. The normalized spacial score (nSPS) is 11.8. The van der Waals surface area contributed by atoms with Crippen LogP contribution in [0.4, 0.5) is 0 Å². The van der Waals surface area contributed by atoms with Gasteiger partial charge in [0.1, 0.15) is 0 Å². The molecule has 0 amide bonds. The van der Waals surface area contributed by atoms with E-state index in [0.717, 1.165) is 12.8 Å². The molecule has 0 aliphatic carbocycles. The summed E-state index contributed by atoms with van der Waals surface area (Å²) >= 11 is 0. The molecule has 132 valence electrons. The van der Waals surface area contributed by atoms with Crippen molar-refractivity contribution in [2.45, 2.75) is 76.7 Å². The lowest BCUT2D eigenvalue weighted by atomic mass is 9.94. The summed E-state index contributed by atoms with van der Waals surface area (Å²) in [7, 11) is 0. The van der Waals surface area contributed by atoms with Gasteiger partial charge in [0.05, 0.1) is 18.8 Å². The lowest BCUT2D eigenvalue weighted by Crippen LogP contribution is -2.47. The highest BCUT2D eigenvalue weighted by Gasteiger charge is 2.21. The van der Waals surface area contributed by atoms with Gasteiger partial charge in [-0.25, -0.2) is 0 Å². The first-order valence-corrected chi connectivity index (χ1v) is 9.22. The Kier molecular flexibility index (Phi) is 10.2. The number of benzene rings is 1. The van der Waals surface area contributed by atoms with Crippen molar-refractivity contribution in [3.8, 4) is 0 Å². The fourth-order valence-electron chi connectivity index (χ4n) is 2.83. The van der Waals surface area contributed by atoms with Crippen LogP contribution < -0.4 is 5.73 Å². The molecule has 0 unspecified atom stereocenters. The summed E-state index contributed by atoms with van der Waals surface area (Å²) in [6, 6.07) is 8.86. The molecule has 0 atom stereocenters. The van der Waals surface area contributed by atoms with Crippen molar-refractivity contribution in [3.63, 3.8) is 0 Å². The number of aliphatic hydroxyl groups excluding tert-OH is 2. The second-order valence-corrected chi connectivity index (χ2v) is 6.87. The first-order valence-electron chi connectivity index (χ1n) is 9.22. The Morgan fingerprint density at radius 2 is 1.26 bits per heavy atom. The summed E-state index contributed by atoms with van der Waals surface area (Å²) in [6.07, 6.45) is 11.7. The van der Waals surface area contributed by atoms with Crippen LogP contribution in [0.2, 0.25) is 0 Å². The summed E-state index contributed by atoms with van der Waals surface area (Å²) in [5.41, 5.74) is 7.77. The average molecular weight is 322 g/mol. The molecule has 1 rings (SSSR count). The third-order valence-corrected chi connectivity index (χ3v) is 4.61. The number of hydrogen-bond acceptors (Lipinski definition) is 3. The molecule has 3 nitrogen and oxygen atoms in total. The predicted molar refractivity (Wildman–Crippen MR) is 97.6 cm³/mol. The van der Waals surface area contributed by atoms with Gasteiger partial charge < -0.3 is 15.9 Å². The van der Waals surface area contributed by atoms with Crippen LogP contribution in [0.25, 0.3) is 0 Å². The van der Waals surface area contributed by atoms with Gasteiger partial charge in [0, 0.05) is 0 Å². The Labute approximate surface area is 141 Å². The van der Waals surface area contributed by atoms with Gasteiger partial charge in [0.15, 0.2) is 0 Å². The SMILES string of the molecule is CCCCCCCCc1ccc(CCCC(N)(CO)CO)cc1. The van der Waals surface area contributed by atoms with E-state index in [1.807, 2.05) is 0 Å². The highest BCUT2D eigenvalue weighted by Crippen LogP contribution is 2.15. The van der Waals surface area contributed by atoms with Gasteiger partial charge in [-0.15, -0.1) is 0 Å². The molecule has 3 heteroatoms. The van der Waals surface area contributed by atoms with Gasteiger partial charge in [0.25, 0.3) is 0 Å². The maximum atomic E-state index is 9.18. The van der Waals surface area contributed by atoms with E-state index in [9.17, 15) is 10.2 Å². The fraction of sp³-hybridized carbons (Fsp3) is 0.700. The molecule has 0 aliphatic heterocycles. The van der Waals surface area contributed by atoms with Crippen LogP contribution in [0.1, 0.15) is 69.4 Å². The van der Waals surface area contributed by atoms with Gasteiger partial charge in [-0.1, -0.05) is 63.3 Å². The molecule has 4 N–H and O–H groups in total. The number of aryl methyl sites for hydroxylation is 2. The first-order chi connectivity index (χ1) is 11.1.